The highest BCUT2D eigenvalue weighted by Gasteiger charge is 2.55. The summed E-state index contributed by atoms with van der Waals surface area (Å²) >= 11 is 0. The fourth-order valence-electron chi connectivity index (χ4n) is 2.47. The molecule has 20 heavy (non-hydrogen) atoms. The lowest BCUT2D eigenvalue weighted by Gasteiger charge is -2.46. The van der Waals surface area contributed by atoms with Gasteiger partial charge in [-0.3, -0.25) is 4.79 Å². The number of nitrogens with one attached hydrogen (secondary N) is 1. The number of esters is 1. The predicted molar refractivity (Wildman–Crippen MR) is 72.8 cm³/mol. The third-order valence-corrected chi connectivity index (χ3v) is 3.59. The molecule has 5 heteroatoms. The van der Waals surface area contributed by atoms with Crippen LogP contribution in [0.25, 0.3) is 0 Å². The molecule has 0 spiro atoms. The van der Waals surface area contributed by atoms with Gasteiger partial charge < -0.3 is 14.8 Å². The third-order valence-electron chi connectivity index (χ3n) is 3.59. The standard InChI is InChI=1S/C15H19NO4/c1-11(17)16-15(14(18)19-2)9-8-13(15)20-10-12-6-4-3-5-7-12/h3-7,13H,8-10H2,1-2H3,(H,16,17)/t13-,15+/m0/s1. The summed E-state index contributed by atoms with van der Waals surface area (Å²) in [5.41, 5.74) is -0.00368. The molecule has 1 fully saturated rings. The number of benzene rings is 1. The summed E-state index contributed by atoms with van der Waals surface area (Å²) in [7, 11) is 1.32. The lowest BCUT2D eigenvalue weighted by atomic mass is 9.73. The monoisotopic (exact) mass is 277 g/mol. The van der Waals surface area contributed by atoms with E-state index in [2.05, 4.69) is 5.32 Å². The second kappa shape index (κ2) is 6.05. The number of rotatable bonds is 5. The van der Waals surface area contributed by atoms with Gasteiger partial charge in [0.25, 0.3) is 0 Å². The van der Waals surface area contributed by atoms with Crippen molar-refractivity contribution in [2.45, 2.75) is 38.0 Å². The van der Waals surface area contributed by atoms with E-state index < -0.39 is 11.5 Å². The Bertz CT molecular complexity index is 488. The van der Waals surface area contributed by atoms with E-state index >= 15 is 0 Å². The van der Waals surface area contributed by atoms with Crippen LogP contribution in [0, 0.1) is 0 Å². The van der Waals surface area contributed by atoms with Crippen LogP contribution in [0.15, 0.2) is 30.3 Å². The highest BCUT2D eigenvalue weighted by atomic mass is 16.5. The Morgan fingerprint density at radius 2 is 2.05 bits per heavy atom. The Morgan fingerprint density at radius 3 is 2.55 bits per heavy atom. The van der Waals surface area contributed by atoms with E-state index in [9.17, 15) is 9.59 Å². The highest BCUT2D eigenvalue weighted by molar-refractivity contribution is 5.89. The van der Waals surface area contributed by atoms with Crippen molar-refractivity contribution < 1.29 is 19.1 Å². The number of ether oxygens (including phenoxy) is 2. The van der Waals surface area contributed by atoms with Gasteiger partial charge in [0.15, 0.2) is 5.54 Å². The molecule has 0 saturated heterocycles. The smallest absolute Gasteiger partial charge is 0.334 e. The van der Waals surface area contributed by atoms with Crippen molar-refractivity contribution in [2.24, 2.45) is 0 Å². The molecule has 5 nitrogen and oxygen atoms in total. The van der Waals surface area contributed by atoms with Crippen LogP contribution < -0.4 is 5.32 Å². The number of carbonyl (C=O) groups is 2. The molecule has 1 aromatic carbocycles. The van der Waals surface area contributed by atoms with E-state index in [0.717, 1.165) is 12.0 Å². The maximum Gasteiger partial charge on any atom is 0.334 e. The van der Waals surface area contributed by atoms with Crippen molar-refractivity contribution in [3.8, 4) is 0 Å². The van der Waals surface area contributed by atoms with Crippen molar-refractivity contribution in [3.63, 3.8) is 0 Å². The first-order chi connectivity index (χ1) is 9.58. The quantitative estimate of drug-likeness (QED) is 0.827. The number of amides is 1. The first-order valence-corrected chi connectivity index (χ1v) is 6.61. The Balaban J connectivity index is 2.03. The molecule has 0 aliphatic heterocycles. The average molecular weight is 277 g/mol. The minimum absolute atomic E-state index is 0.261. The Hall–Kier alpha value is -1.88. The topological polar surface area (TPSA) is 64.6 Å². The molecule has 1 N–H and O–H groups in total. The Morgan fingerprint density at radius 1 is 1.35 bits per heavy atom. The summed E-state index contributed by atoms with van der Waals surface area (Å²) in [6.07, 6.45) is 0.917. The predicted octanol–water partition coefficient (Wildman–Crippen LogP) is 1.41. The van der Waals surface area contributed by atoms with Crippen molar-refractivity contribution in [1.82, 2.24) is 5.32 Å². The maximum absolute atomic E-state index is 12.0. The summed E-state index contributed by atoms with van der Waals surface area (Å²) in [6, 6.07) is 9.71. The molecule has 1 aromatic rings. The van der Waals surface area contributed by atoms with Crippen LogP contribution >= 0.6 is 0 Å². The Labute approximate surface area is 118 Å². The number of carbonyl (C=O) groups excluding carboxylic acids is 2. The molecular formula is C15H19NO4. The van der Waals surface area contributed by atoms with E-state index in [4.69, 9.17) is 9.47 Å². The molecule has 2 atom stereocenters. The lowest BCUT2D eigenvalue weighted by molar-refractivity contribution is -0.171. The Kier molecular flexibility index (Phi) is 4.39. The normalized spacial score (nSPS) is 24.6. The summed E-state index contributed by atoms with van der Waals surface area (Å²) in [5.74, 6) is -0.708. The number of hydrogen-bond acceptors (Lipinski definition) is 4. The SMILES string of the molecule is COC(=O)[C@@]1(NC(C)=O)CC[C@@H]1OCc1ccccc1. The van der Waals surface area contributed by atoms with Gasteiger partial charge in [-0.25, -0.2) is 4.79 Å². The van der Waals surface area contributed by atoms with Crippen molar-refractivity contribution >= 4 is 11.9 Å². The van der Waals surface area contributed by atoms with Gasteiger partial charge >= 0.3 is 5.97 Å². The van der Waals surface area contributed by atoms with Crippen LogP contribution in [0.4, 0.5) is 0 Å². The summed E-state index contributed by atoms with van der Waals surface area (Å²) in [5, 5.41) is 2.69. The van der Waals surface area contributed by atoms with E-state index in [1.807, 2.05) is 30.3 Å². The fourth-order valence-corrected chi connectivity index (χ4v) is 2.47. The zero-order valence-electron chi connectivity index (χ0n) is 11.7. The second-order valence-corrected chi connectivity index (χ2v) is 4.97. The van der Waals surface area contributed by atoms with Gasteiger partial charge in [0.1, 0.15) is 0 Å². The average Bonchev–Trinajstić information content (AvgIpc) is 2.43. The van der Waals surface area contributed by atoms with Gasteiger partial charge in [0.2, 0.25) is 5.91 Å². The van der Waals surface area contributed by atoms with Crippen molar-refractivity contribution in [1.29, 1.82) is 0 Å². The van der Waals surface area contributed by atoms with E-state index in [0.29, 0.717) is 13.0 Å². The van der Waals surface area contributed by atoms with Crippen LogP contribution in [-0.2, 0) is 25.7 Å². The van der Waals surface area contributed by atoms with Gasteiger partial charge in [0, 0.05) is 6.92 Å². The molecule has 2 rings (SSSR count). The molecule has 0 heterocycles. The first kappa shape index (κ1) is 14.5. The molecule has 0 bridgehead atoms. The van der Waals surface area contributed by atoms with Gasteiger partial charge in [-0.2, -0.15) is 0 Å². The summed E-state index contributed by atoms with van der Waals surface area (Å²) in [4.78, 5) is 23.3. The molecular weight excluding hydrogens is 258 g/mol. The van der Waals surface area contributed by atoms with E-state index in [-0.39, 0.29) is 12.0 Å². The van der Waals surface area contributed by atoms with Gasteiger partial charge in [-0.15, -0.1) is 0 Å². The maximum atomic E-state index is 12.0. The van der Waals surface area contributed by atoms with Crippen LogP contribution in [0.5, 0.6) is 0 Å². The van der Waals surface area contributed by atoms with Crippen LogP contribution in [0.3, 0.4) is 0 Å². The van der Waals surface area contributed by atoms with Gasteiger partial charge in [0.05, 0.1) is 19.8 Å². The minimum Gasteiger partial charge on any atom is -0.467 e. The number of methoxy groups -OCH3 is 1. The molecule has 0 aromatic heterocycles. The van der Waals surface area contributed by atoms with E-state index in [1.54, 1.807) is 0 Å². The molecule has 0 unspecified atom stereocenters. The molecule has 1 aliphatic carbocycles. The summed E-state index contributed by atoms with van der Waals surface area (Å²) < 4.78 is 10.6. The minimum atomic E-state index is -1.03. The van der Waals surface area contributed by atoms with Gasteiger partial charge in [-0.05, 0) is 18.4 Å². The first-order valence-electron chi connectivity index (χ1n) is 6.61. The molecule has 1 aliphatic rings. The van der Waals surface area contributed by atoms with Crippen molar-refractivity contribution in [3.05, 3.63) is 35.9 Å². The number of hydrogen-bond donors (Lipinski definition) is 1. The van der Waals surface area contributed by atoms with Crippen LogP contribution in [0.2, 0.25) is 0 Å². The van der Waals surface area contributed by atoms with Gasteiger partial charge in [-0.1, -0.05) is 30.3 Å². The van der Waals surface area contributed by atoms with Crippen LogP contribution in [-0.4, -0.2) is 30.6 Å². The van der Waals surface area contributed by atoms with Crippen molar-refractivity contribution in [2.75, 3.05) is 7.11 Å². The fraction of sp³-hybridized carbons (Fsp3) is 0.467. The zero-order valence-corrected chi connectivity index (χ0v) is 11.7. The molecule has 1 amide bonds. The molecule has 108 valence electrons. The van der Waals surface area contributed by atoms with Crippen LogP contribution in [0.1, 0.15) is 25.3 Å². The largest absolute Gasteiger partial charge is 0.467 e. The lowest BCUT2D eigenvalue weighted by Crippen LogP contribution is -2.68. The third kappa shape index (κ3) is 2.82. The summed E-state index contributed by atoms with van der Waals surface area (Å²) in [6.45, 7) is 1.79. The van der Waals surface area contributed by atoms with E-state index in [1.165, 1.54) is 14.0 Å². The second-order valence-electron chi connectivity index (χ2n) is 4.97. The molecule has 0 radical (unpaired) electrons. The highest BCUT2D eigenvalue weighted by Crippen LogP contribution is 2.36. The molecule has 1 saturated carbocycles. The zero-order chi connectivity index (χ0) is 14.6.